The number of aryl methyl sites for hydroxylation is 1. The molecule has 0 amide bonds. The minimum Gasteiger partial charge on any atom is -0.313 e. The summed E-state index contributed by atoms with van der Waals surface area (Å²) in [5, 5.41) is 3.31. The van der Waals surface area contributed by atoms with Crippen molar-refractivity contribution in [3.8, 4) is 0 Å². The largest absolute Gasteiger partial charge is 0.313 e. The second kappa shape index (κ2) is 5.65. The Kier molecular flexibility index (Phi) is 4.40. The molecule has 1 aromatic rings. The lowest BCUT2D eigenvalue weighted by Crippen LogP contribution is -2.14. The Morgan fingerprint density at radius 2 is 1.92 bits per heavy atom. The van der Waals surface area contributed by atoms with Gasteiger partial charge in [-0.3, -0.25) is 0 Å². The van der Waals surface area contributed by atoms with Crippen LogP contribution in [0, 0.1) is 0 Å². The molecule has 0 saturated carbocycles. The summed E-state index contributed by atoms with van der Waals surface area (Å²) in [5.74, 6) is 0.916. The maximum atomic E-state index is 4.22. The van der Waals surface area contributed by atoms with Crippen LogP contribution in [0.15, 0.2) is 12.4 Å². The van der Waals surface area contributed by atoms with E-state index in [2.05, 4.69) is 29.1 Å². The lowest BCUT2D eigenvalue weighted by atomic mass is 10.3. The highest BCUT2D eigenvalue weighted by Crippen LogP contribution is 1.96. The molecule has 1 heterocycles. The molecule has 0 aromatic carbocycles. The summed E-state index contributed by atoms with van der Waals surface area (Å²) in [6.07, 6.45) is 5.86. The van der Waals surface area contributed by atoms with E-state index in [1.54, 1.807) is 0 Å². The van der Waals surface area contributed by atoms with Crippen molar-refractivity contribution in [1.82, 2.24) is 15.3 Å². The van der Waals surface area contributed by atoms with Gasteiger partial charge in [0.1, 0.15) is 5.82 Å². The second-order valence-corrected chi connectivity index (χ2v) is 3.04. The lowest BCUT2D eigenvalue weighted by molar-refractivity contribution is 0.670. The zero-order chi connectivity index (χ0) is 9.52. The van der Waals surface area contributed by atoms with Crippen molar-refractivity contribution >= 4 is 0 Å². The van der Waals surface area contributed by atoms with E-state index in [1.807, 2.05) is 12.4 Å². The van der Waals surface area contributed by atoms with Gasteiger partial charge in [0.15, 0.2) is 0 Å². The van der Waals surface area contributed by atoms with Gasteiger partial charge in [0.05, 0.1) is 0 Å². The van der Waals surface area contributed by atoms with Gasteiger partial charge in [-0.1, -0.05) is 13.8 Å². The predicted molar refractivity (Wildman–Crippen MR) is 53.4 cm³/mol. The molecule has 1 N–H and O–H groups in total. The third kappa shape index (κ3) is 3.51. The van der Waals surface area contributed by atoms with Crippen molar-refractivity contribution in [2.75, 3.05) is 6.54 Å². The minimum atomic E-state index is 0.873. The zero-order valence-electron chi connectivity index (χ0n) is 8.38. The molecule has 3 nitrogen and oxygen atoms in total. The molecule has 0 fully saturated rings. The molecule has 0 unspecified atom stereocenters. The molecular weight excluding hydrogens is 162 g/mol. The topological polar surface area (TPSA) is 37.8 Å². The van der Waals surface area contributed by atoms with Crippen molar-refractivity contribution in [3.05, 3.63) is 23.8 Å². The van der Waals surface area contributed by atoms with Crippen LogP contribution >= 0.6 is 0 Å². The van der Waals surface area contributed by atoms with E-state index < -0.39 is 0 Å². The lowest BCUT2D eigenvalue weighted by Gasteiger charge is -2.02. The minimum absolute atomic E-state index is 0.873. The molecule has 13 heavy (non-hydrogen) atoms. The maximum Gasteiger partial charge on any atom is 0.127 e. The standard InChI is InChI=1S/C10H17N3/c1-3-5-11-6-9-7-12-10(4-2)13-8-9/h7-8,11H,3-6H2,1-2H3. The predicted octanol–water partition coefficient (Wildman–Crippen LogP) is 1.54. The van der Waals surface area contributed by atoms with Crippen LogP contribution in [-0.2, 0) is 13.0 Å². The molecule has 1 rings (SSSR count). The zero-order valence-corrected chi connectivity index (χ0v) is 8.38. The Balaban J connectivity index is 2.40. The van der Waals surface area contributed by atoms with E-state index in [4.69, 9.17) is 0 Å². The van der Waals surface area contributed by atoms with Crippen molar-refractivity contribution in [2.45, 2.75) is 33.2 Å². The molecule has 1 aromatic heterocycles. The molecule has 0 aliphatic heterocycles. The quantitative estimate of drug-likeness (QED) is 0.697. The van der Waals surface area contributed by atoms with Gasteiger partial charge < -0.3 is 5.32 Å². The van der Waals surface area contributed by atoms with Gasteiger partial charge in [0.25, 0.3) is 0 Å². The van der Waals surface area contributed by atoms with Gasteiger partial charge in [0, 0.05) is 30.9 Å². The number of rotatable bonds is 5. The van der Waals surface area contributed by atoms with E-state index >= 15 is 0 Å². The van der Waals surface area contributed by atoms with Crippen molar-refractivity contribution in [1.29, 1.82) is 0 Å². The molecule has 72 valence electrons. The van der Waals surface area contributed by atoms with E-state index in [0.717, 1.165) is 37.3 Å². The third-order valence-corrected chi connectivity index (χ3v) is 1.83. The van der Waals surface area contributed by atoms with Crippen LogP contribution in [0.2, 0.25) is 0 Å². The summed E-state index contributed by atoms with van der Waals surface area (Å²) in [7, 11) is 0. The van der Waals surface area contributed by atoms with Crippen LogP contribution in [-0.4, -0.2) is 16.5 Å². The van der Waals surface area contributed by atoms with Gasteiger partial charge in [-0.15, -0.1) is 0 Å². The van der Waals surface area contributed by atoms with Gasteiger partial charge in [-0.2, -0.15) is 0 Å². The van der Waals surface area contributed by atoms with Gasteiger partial charge in [0.2, 0.25) is 0 Å². The van der Waals surface area contributed by atoms with E-state index in [9.17, 15) is 0 Å². The fourth-order valence-electron chi connectivity index (χ4n) is 1.06. The average Bonchev–Trinajstić information content (AvgIpc) is 2.19. The van der Waals surface area contributed by atoms with Crippen molar-refractivity contribution < 1.29 is 0 Å². The number of hydrogen-bond acceptors (Lipinski definition) is 3. The molecule has 0 spiro atoms. The SMILES string of the molecule is CCCNCc1cnc(CC)nc1. The van der Waals surface area contributed by atoms with Gasteiger partial charge in [-0.25, -0.2) is 9.97 Å². The van der Waals surface area contributed by atoms with Crippen molar-refractivity contribution in [2.24, 2.45) is 0 Å². The summed E-state index contributed by atoms with van der Waals surface area (Å²) in [6.45, 7) is 6.14. The molecule has 0 saturated heterocycles. The third-order valence-electron chi connectivity index (χ3n) is 1.83. The molecule has 0 atom stereocenters. The van der Waals surface area contributed by atoms with Crippen LogP contribution in [0.5, 0.6) is 0 Å². The summed E-state index contributed by atoms with van der Waals surface area (Å²) < 4.78 is 0. The Morgan fingerprint density at radius 1 is 1.23 bits per heavy atom. The Morgan fingerprint density at radius 3 is 2.46 bits per heavy atom. The van der Waals surface area contributed by atoms with Crippen LogP contribution < -0.4 is 5.32 Å². The van der Waals surface area contributed by atoms with Gasteiger partial charge in [-0.05, 0) is 13.0 Å². The summed E-state index contributed by atoms with van der Waals surface area (Å²) in [6, 6.07) is 0. The number of aromatic nitrogens is 2. The molecule has 0 aliphatic rings. The van der Waals surface area contributed by atoms with Crippen LogP contribution in [0.3, 0.4) is 0 Å². The monoisotopic (exact) mass is 179 g/mol. The normalized spacial score (nSPS) is 10.3. The fraction of sp³-hybridized carbons (Fsp3) is 0.600. The number of hydrogen-bond donors (Lipinski definition) is 1. The van der Waals surface area contributed by atoms with Crippen LogP contribution in [0.25, 0.3) is 0 Å². The first-order valence-corrected chi connectivity index (χ1v) is 4.87. The van der Waals surface area contributed by atoms with E-state index in [1.165, 1.54) is 0 Å². The Labute approximate surface area is 79.6 Å². The number of nitrogens with one attached hydrogen (secondary N) is 1. The summed E-state index contributed by atoms with van der Waals surface area (Å²) in [4.78, 5) is 8.45. The summed E-state index contributed by atoms with van der Waals surface area (Å²) >= 11 is 0. The molecule has 0 aliphatic carbocycles. The Bertz CT molecular complexity index is 230. The highest BCUT2D eigenvalue weighted by atomic mass is 14.9. The van der Waals surface area contributed by atoms with E-state index in [-0.39, 0.29) is 0 Å². The first kappa shape index (κ1) is 10.1. The van der Waals surface area contributed by atoms with Crippen molar-refractivity contribution in [3.63, 3.8) is 0 Å². The van der Waals surface area contributed by atoms with E-state index in [0.29, 0.717) is 0 Å². The van der Waals surface area contributed by atoms with Crippen LogP contribution in [0.4, 0.5) is 0 Å². The van der Waals surface area contributed by atoms with Gasteiger partial charge >= 0.3 is 0 Å². The molecular formula is C10H17N3. The second-order valence-electron chi connectivity index (χ2n) is 3.04. The average molecular weight is 179 g/mol. The highest BCUT2D eigenvalue weighted by Gasteiger charge is 1.94. The smallest absolute Gasteiger partial charge is 0.127 e. The molecule has 0 bridgehead atoms. The maximum absolute atomic E-state index is 4.22. The Hall–Kier alpha value is -0.960. The molecule has 3 heteroatoms. The van der Waals surface area contributed by atoms with Crippen LogP contribution in [0.1, 0.15) is 31.7 Å². The summed E-state index contributed by atoms with van der Waals surface area (Å²) in [5.41, 5.74) is 1.16. The number of nitrogens with zero attached hydrogens (tertiary/aromatic N) is 2. The highest BCUT2D eigenvalue weighted by molar-refractivity contribution is 5.04. The molecule has 0 radical (unpaired) electrons. The first-order chi connectivity index (χ1) is 6.36. The fourth-order valence-corrected chi connectivity index (χ4v) is 1.06. The first-order valence-electron chi connectivity index (χ1n) is 4.87.